The van der Waals surface area contributed by atoms with Crippen molar-refractivity contribution in [3.05, 3.63) is 10.6 Å². The number of aromatic amines is 1. The topological polar surface area (TPSA) is 33.6 Å². The molecule has 0 amide bonds. The van der Waals surface area contributed by atoms with Crippen molar-refractivity contribution < 1.29 is 0 Å². The van der Waals surface area contributed by atoms with E-state index in [1.54, 1.807) is 4.68 Å². The highest BCUT2D eigenvalue weighted by atomic mass is 32.1. The van der Waals surface area contributed by atoms with E-state index < -0.39 is 0 Å². The van der Waals surface area contributed by atoms with Crippen LogP contribution < -0.4 is 0 Å². The zero-order chi connectivity index (χ0) is 9.14. The minimum atomic E-state index is 0.633. The predicted octanol–water partition coefficient (Wildman–Crippen LogP) is 2.07. The van der Waals surface area contributed by atoms with Gasteiger partial charge >= 0.3 is 0 Å². The molecule has 1 rings (SSSR count). The number of nitrogens with zero attached hydrogens (tertiary/aromatic N) is 2. The Morgan fingerprint density at radius 3 is 2.67 bits per heavy atom. The van der Waals surface area contributed by atoms with E-state index in [0.29, 0.717) is 10.7 Å². The van der Waals surface area contributed by atoms with Crippen LogP contribution in [0.4, 0.5) is 0 Å². The molecule has 68 valence electrons. The van der Waals surface area contributed by atoms with Gasteiger partial charge in [-0.1, -0.05) is 13.8 Å². The molecule has 0 radical (unpaired) electrons. The molecule has 0 atom stereocenters. The third kappa shape index (κ3) is 2.44. The first-order valence-electron chi connectivity index (χ1n) is 4.21. The van der Waals surface area contributed by atoms with Crippen LogP contribution in [0.3, 0.4) is 0 Å². The highest BCUT2D eigenvalue weighted by Crippen LogP contribution is 2.04. The van der Waals surface area contributed by atoms with E-state index in [1.165, 1.54) is 0 Å². The van der Waals surface area contributed by atoms with E-state index in [4.69, 9.17) is 12.2 Å². The van der Waals surface area contributed by atoms with Crippen LogP contribution in [0.5, 0.6) is 0 Å². The summed E-state index contributed by atoms with van der Waals surface area (Å²) in [5.41, 5.74) is 0. The summed E-state index contributed by atoms with van der Waals surface area (Å²) in [6.45, 7) is 4.41. The van der Waals surface area contributed by atoms with Crippen molar-refractivity contribution in [2.45, 2.75) is 26.7 Å². The summed E-state index contributed by atoms with van der Waals surface area (Å²) in [5, 5.41) is 3.10. The van der Waals surface area contributed by atoms with E-state index >= 15 is 0 Å². The SMILES string of the molecule is CC(C)CCc1nc(=S)n(C)[nH]1. The second-order valence-electron chi connectivity index (χ2n) is 3.44. The third-order valence-electron chi connectivity index (χ3n) is 1.77. The maximum absolute atomic E-state index is 4.97. The molecule has 0 aliphatic heterocycles. The van der Waals surface area contributed by atoms with Crippen LogP contribution >= 0.6 is 12.2 Å². The lowest BCUT2D eigenvalue weighted by atomic mass is 10.1. The fourth-order valence-corrected chi connectivity index (χ4v) is 1.15. The van der Waals surface area contributed by atoms with Crippen molar-refractivity contribution in [1.29, 1.82) is 0 Å². The van der Waals surface area contributed by atoms with Gasteiger partial charge < -0.3 is 0 Å². The van der Waals surface area contributed by atoms with Crippen molar-refractivity contribution in [1.82, 2.24) is 14.8 Å². The molecule has 0 aromatic carbocycles. The molecule has 0 saturated carbocycles. The average molecular weight is 185 g/mol. The summed E-state index contributed by atoms with van der Waals surface area (Å²) in [7, 11) is 1.88. The Kier molecular flexibility index (Phi) is 3.03. The highest BCUT2D eigenvalue weighted by molar-refractivity contribution is 7.71. The molecule has 0 aliphatic carbocycles. The Balaban J connectivity index is 2.59. The van der Waals surface area contributed by atoms with Crippen LogP contribution in [0.1, 0.15) is 26.1 Å². The molecule has 0 fully saturated rings. The van der Waals surface area contributed by atoms with E-state index in [1.807, 2.05) is 7.05 Å². The molecule has 1 aromatic rings. The molecule has 12 heavy (non-hydrogen) atoms. The summed E-state index contributed by atoms with van der Waals surface area (Å²) >= 11 is 4.97. The van der Waals surface area contributed by atoms with Crippen LogP contribution in [-0.2, 0) is 13.5 Å². The number of nitrogens with one attached hydrogen (secondary N) is 1. The molecule has 1 N–H and O–H groups in total. The zero-order valence-corrected chi connectivity index (χ0v) is 8.61. The van der Waals surface area contributed by atoms with Gasteiger partial charge in [-0.15, -0.1) is 0 Å². The van der Waals surface area contributed by atoms with Crippen LogP contribution in [0, 0.1) is 10.7 Å². The van der Waals surface area contributed by atoms with Crippen LogP contribution in [-0.4, -0.2) is 14.8 Å². The summed E-state index contributed by atoms with van der Waals surface area (Å²) in [4.78, 5) is 4.20. The van der Waals surface area contributed by atoms with Gasteiger partial charge in [0.25, 0.3) is 0 Å². The highest BCUT2D eigenvalue weighted by Gasteiger charge is 2.00. The van der Waals surface area contributed by atoms with Crippen LogP contribution in [0.25, 0.3) is 0 Å². The average Bonchev–Trinajstić information content (AvgIpc) is 2.28. The van der Waals surface area contributed by atoms with Gasteiger partial charge in [-0.05, 0) is 24.6 Å². The van der Waals surface area contributed by atoms with Gasteiger partial charge in [0.05, 0.1) is 0 Å². The quantitative estimate of drug-likeness (QED) is 0.731. The van der Waals surface area contributed by atoms with E-state index in [-0.39, 0.29) is 0 Å². The first-order valence-corrected chi connectivity index (χ1v) is 4.62. The minimum Gasteiger partial charge on any atom is -0.283 e. The Morgan fingerprint density at radius 1 is 1.58 bits per heavy atom. The van der Waals surface area contributed by atoms with Crippen molar-refractivity contribution in [2.24, 2.45) is 13.0 Å². The number of aromatic nitrogens is 3. The first kappa shape index (κ1) is 9.45. The molecular formula is C8H15N3S. The van der Waals surface area contributed by atoms with Crippen LogP contribution in [0.2, 0.25) is 0 Å². The number of hydrogen-bond donors (Lipinski definition) is 1. The van der Waals surface area contributed by atoms with Crippen molar-refractivity contribution in [2.75, 3.05) is 0 Å². The molecule has 0 bridgehead atoms. The van der Waals surface area contributed by atoms with E-state index in [9.17, 15) is 0 Å². The van der Waals surface area contributed by atoms with Crippen molar-refractivity contribution in [3.63, 3.8) is 0 Å². The third-order valence-corrected chi connectivity index (χ3v) is 2.14. The monoisotopic (exact) mass is 185 g/mol. The van der Waals surface area contributed by atoms with Crippen LogP contribution in [0.15, 0.2) is 0 Å². The largest absolute Gasteiger partial charge is 0.283 e. The summed E-state index contributed by atoms with van der Waals surface area (Å²) in [5.74, 6) is 1.71. The Hall–Kier alpha value is -0.640. The molecule has 0 aliphatic rings. The standard InChI is InChI=1S/C8H15N3S/c1-6(2)4-5-7-9-8(12)11(3)10-7/h6H,4-5H2,1-3H3,(H,9,10,12). The second kappa shape index (κ2) is 3.85. The fraction of sp³-hybridized carbons (Fsp3) is 0.750. The van der Waals surface area contributed by atoms with Gasteiger partial charge in [-0.3, -0.25) is 9.78 Å². The van der Waals surface area contributed by atoms with Gasteiger partial charge in [-0.2, -0.15) is 0 Å². The molecule has 0 spiro atoms. The summed E-state index contributed by atoms with van der Waals surface area (Å²) in [6, 6.07) is 0. The van der Waals surface area contributed by atoms with Gasteiger partial charge in [-0.25, -0.2) is 4.98 Å². The zero-order valence-electron chi connectivity index (χ0n) is 7.79. The van der Waals surface area contributed by atoms with Gasteiger partial charge in [0.1, 0.15) is 5.82 Å². The Bertz CT molecular complexity index is 297. The first-order chi connectivity index (χ1) is 5.59. The number of H-pyrrole nitrogens is 1. The maximum Gasteiger partial charge on any atom is 0.215 e. The lowest BCUT2D eigenvalue weighted by Crippen LogP contribution is -1.95. The minimum absolute atomic E-state index is 0.633. The predicted molar refractivity (Wildman–Crippen MR) is 51.6 cm³/mol. The van der Waals surface area contributed by atoms with E-state index in [2.05, 4.69) is 23.9 Å². The molecular weight excluding hydrogens is 170 g/mol. The smallest absolute Gasteiger partial charge is 0.215 e. The molecule has 3 nitrogen and oxygen atoms in total. The number of hydrogen-bond acceptors (Lipinski definition) is 2. The second-order valence-corrected chi connectivity index (χ2v) is 3.81. The number of aryl methyl sites for hydroxylation is 2. The van der Waals surface area contributed by atoms with Gasteiger partial charge in [0, 0.05) is 13.5 Å². The lowest BCUT2D eigenvalue weighted by molar-refractivity contribution is 0.572. The van der Waals surface area contributed by atoms with Gasteiger partial charge in [0.2, 0.25) is 4.77 Å². The molecule has 0 unspecified atom stereocenters. The summed E-state index contributed by atoms with van der Waals surface area (Å²) in [6.07, 6.45) is 2.14. The lowest BCUT2D eigenvalue weighted by Gasteiger charge is -2.00. The molecule has 4 heteroatoms. The number of rotatable bonds is 3. The maximum atomic E-state index is 4.97. The fourth-order valence-electron chi connectivity index (χ4n) is 0.994. The van der Waals surface area contributed by atoms with Crippen molar-refractivity contribution >= 4 is 12.2 Å². The van der Waals surface area contributed by atoms with Gasteiger partial charge in [0.15, 0.2) is 0 Å². The molecule has 1 aromatic heterocycles. The normalized spacial score (nSPS) is 11.0. The Morgan fingerprint density at radius 2 is 2.25 bits per heavy atom. The Labute approximate surface area is 77.8 Å². The molecule has 0 saturated heterocycles. The summed E-state index contributed by atoms with van der Waals surface area (Å²) < 4.78 is 2.40. The van der Waals surface area contributed by atoms with E-state index in [0.717, 1.165) is 18.7 Å². The molecule has 1 heterocycles. The van der Waals surface area contributed by atoms with Crippen molar-refractivity contribution in [3.8, 4) is 0 Å².